The number of nitrogens with one attached hydrogen (secondary N) is 1. The molecule has 0 bridgehead atoms. The molecule has 0 atom stereocenters. The second-order valence-electron chi connectivity index (χ2n) is 6.17. The van der Waals surface area contributed by atoms with Crippen LogP contribution in [0.25, 0.3) is 11.1 Å². The smallest absolute Gasteiger partial charge is 0.408 e. The second-order valence-corrected chi connectivity index (χ2v) is 8.28. The highest BCUT2D eigenvalue weighted by atomic mass is 32.2. The predicted octanol–water partition coefficient (Wildman–Crippen LogP) is 2.46. The normalized spacial score (nSPS) is 11.3. The predicted molar refractivity (Wildman–Crippen MR) is 103 cm³/mol. The van der Waals surface area contributed by atoms with Gasteiger partial charge in [-0.25, -0.2) is 13.2 Å². The summed E-state index contributed by atoms with van der Waals surface area (Å²) in [5.41, 5.74) is 1.68. The van der Waals surface area contributed by atoms with Crippen molar-refractivity contribution in [2.45, 2.75) is 17.7 Å². The molecular formula is C19H17N3O5S. The summed E-state index contributed by atoms with van der Waals surface area (Å²) in [5, 5.41) is 11.2. The lowest BCUT2D eigenvalue weighted by Gasteiger charge is -2.07. The van der Waals surface area contributed by atoms with Crippen LogP contribution in [-0.2, 0) is 16.9 Å². The zero-order valence-corrected chi connectivity index (χ0v) is 15.8. The summed E-state index contributed by atoms with van der Waals surface area (Å²) in [4.78, 5) is 24.0. The highest BCUT2D eigenvalue weighted by Gasteiger charge is 2.15. The fraction of sp³-hybridized carbons (Fsp3) is 0.211. The van der Waals surface area contributed by atoms with Gasteiger partial charge in [0.2, 0.25) is 0 Å². The third kappa shape index (κ3) is 3.97. The summed E-state index contributed by atoms with van der Waals surface area (Å²) in [6, 6.07) is 12.3. The quantitative estimate of drug-likeness (QED) is 0.635. The lowest BCUT2D eigenvalue weighted by atomic mass is 10.2. The molecule has 3 rings (SSSR count). The van der Waals surface area contributed by atoms with Crippen LogP contribution in [0.15, 0.2) is 56.6 Å². The van der Waals surface area contributed by atoms with E-state index in [1.54, 1.807) is 25.2 Å². The SMILES string of the molecule is Cn1c(=O)oc2cc(NC(=O)c3ccc(S(=O)(=O)CCCC#N)cc3)ccc21. The van der Waals surface area contributed by atoms with Crippen molar-refractivity contribution < 1.29 is 17.6 Å². The molecule has 1 heterocycles. The first-order valence-corrected chi connectivity index (χ1v) is 10.1. The van der Waals surface area contributed by atoms with Crippen LogP contribution in [-0.4, -0.2) is 24.6 Å². The van der Waals surface area contributed by atoms with Crippen LogP contribution in [0.4, 0.5) is 5.69 Å². The van der Waals surface area contributed by atoms with Gasteiger partial charge in [0.05, 0.1) is 22.2 Å². The Bertz CT molecular complexity index is 1230. The molecule has 0 unspecified atom stereocenters. The fourth-order valence-electron chi connectivity index (χ4n) is 2.69. The lowest BCUT2D eigenvalue weighted by Crippen LogP contribution is -2.12. The summed E-state index contributed by atoms with van der Waals surface area (Å²) in [6.07, 6.45) is 0.435. The third-order valence-electron chi connectivity index (χ3n) is 4.23. The minimum Gasteiger partial charge on any atom is -0.408 e. The number of anilines is 1. The molecule has 0 aliphatic rings. The van der Waals surface area contributed by atoms with Crippen molar-refractivity contribution in [2.24, 2.45) is 7.05 Å². The van der Waals surface area contributed by atoms with Gasteiger partial charge < -0.3 is 9.73 Å². The average molecular weight is 399 g/mol. The number of amides is 1. The number of nitrogens with zero attached hydrogens (tertiary/aromatic N) is 2. The molecule has 0 spiro atoms. The molecule has 8 nitrogen and oxygen atoms in total. The van der Waals surface area contributed by atoms with Crippen molar-refractivity contribution in [1.29, 1.82) is 5.26 Å². The van der Waals surface area contributed by atoms with Crippen LogP contribution in [0, 0.1) is 11.3 Å². The molecule has 28 heavy (non-hydrogen) atoms. The number of aryl methyl sites for hydroxylation is 1. The van der Waals surface area contributed by atoms with Gasteiger partial charge in [0.25, 0.3) is 5.91 Å². The second kappa shape index (κ2) is 7.70. The van der Waals surface area contributed by atoms with Crippen LogP contribution in [0.5, 0.6) is 0 Å². The number of sulfone groups is 1. The topological polar surface area (TPSA) is 122 Å². The number of carbonyl (C=O) groups excluding carboxylic acids is 1. The summed E-state index contributed by atoms with van der Waals surface area (Å²) >= 11 is 0. The van der Waals surface area contributed by atoms with E-state index in [2.05, 4.69) is 5.32 Å². The molecule has 1 N–H and O–H groups in total. The molecule has 0 radical (unpaired) electrons. The number of oxazole rings is 1. The van der Waals surface area contributed by atoms with Crippen molar-refractivity contribution in [3.63, 3.8) is 0 Å². The Morgan fingerprint density at radius 3 is 2.61 bits per heavy atom. The number of benzene rings is 2. The number of hydrogen-bond donors (Lipinski definition) is 1. The van der Waals surface area contributed by atoms with E-state index in [9.17, 15) is 18.0 Å². The van der Waals surface area contributed by atoms with Gasteiger partial charge in [0, 0.05) is 30.8 Å². The zero-order valence-electron chi connectivity index (χ0n) is 15.0. The maximum atomic E-state index is 12.4. The monoisotopic (exact) mass is 399 g/mol. The Hall–Kier alpha value is -3.38. The molecule has 1 aromatic heterocycles. The Kier molecular flexibility index (Phi) is 5.33. The summed E-state index contributed by atoms with van der Waals surface area (Å²) in [5.74, 6) is -1.04. The van der Waals surface area contributed by atoms with Gasteiger partial charge in [-0.1, -0.05) is 0 Å². The van der Waals surface area contributed by atoms with Crippen LogP contribution < -0.4 is 11.1 Å². The minimum atomic E-state index is -3.49. The fourth-order valence-corrected chi connectivity index (χ4v) is 4.00. The van der Waals surface area contributed by atoms with Crippen molar-refractivity contribution in [3.8, 4) is 6.07 Å². The molecule has 3 aromatic rings. The molecule has 9 heteroatoms. The number of fused-ring (bicyclic) bond motifs is 1. The Labute approximate surface area is 160 Å². The maximum Gasteiger partial charge on any atom is 0.419 e. The van der Waals surface area contributed by atoms with E-state index in [1.807, 2.05) is 6.07 Å². The van der Waals surface area contributed by atoms with Crippen LogP contribution in [0.3, 0.4) is 0 Å². The number of carbonyl (C=O) groups is 1. The molecule has 0 saturated carbocycles. The van der Waals surface area contributed by atoms with Crippen molar-refractivity contribution >= 4 is 32.5 Å². The van der Waals surface area contributed by atoms with Crippen molar-refractivity contribution in [3.05, 3.63) is 58.6 Å². The number of unbranched alkanes of at least 4 members (excludes halogenated alkanes) is 1. The first kappa shape index (κ1) is 19.4. The van der Waals surface area contributed by atoms with Crippen LogP contribution >= 0.6 is 0 Å². The standard InChI is InChI=1S/C19H17N3O5S/c1-22-16-9-6-14(12-17(16)27-19(22)24)21-18(23)13-4-7-15(8-5-13)28(25,26)11-3-2-10-20/h4-9,12H,2-3,11H2,1H3,(H,21,23). The summed E-state index contributed by atoms with van der Waals surface area (Å²) < 4.78 is 30.8. The number of nitriles is 1. The van der Waals surface area contributed by atoms with E-state index in [1.165, 1.54) is 28.8 Å². The van der Waals surface area contributed by atoms with Crippen LogP contribution in [0.2, 0.25) is 0 Å². The maximum absolute atomic E-state index is 12.4. The first-order valence-electron chi connectivity index (χ1n) is 8.42. The van der Waals surface area contributed by atoms with Gasteiger partial charge in [-0.15, -0.1) is 0 Å². The molecule has 0 aliphatic carbocycles. The van der Waals surface area contributed by atoms with Crippen molar-refractivity contribution in [1.82, 2.24) is 4.57 Å². The van der Waals surface area contributed by atoms with E-state index in [0.717, 1.165) is 0 Å². The Balaban J connectivity index is 1.74. The van der Waals surface area contributed by atoms with Gasteiger partial charge >= 0.3 is 5.76 Å². The van der Waals surface area contributed by atoms with Gasteiger partial charge in [0.1, 0.15) is 0 Å². The van der Waals surface area contributed by atoms with Crippen molar-refractivity contribution in [2.75, 3.05) is 11.1 Å². The number of rotatable bonds is 6. The van der Waals surface area contributed by atoms with Crippen LogP contribution in [0.1, 0.15) is 23.2 Å². The molecule has 2 aromatic carbocycles. The van der Waals surface area contributed by atoms with E-state index >= 15 is 0 Å². The van der Waals surface area contributed by atoms with E-state index < -0.39 is 21.5 Å². The summed E-state index contributed by atoms with van der Waals surface area (Å²) in [7, 11) is -1.90. The Morgan fingerprint density at radius 2 is 1.93 bits per heavy atom. The molecule has 144 valence electrons. The molecule has 0 saturated heterocycles. The highest BCUT2D eigenvalue weighted by Crippen LogP contribution is 2.19. The van der Waals surface area contributed by atoms with E-state index in [4.69, 9.17) is 9.68 Å². The Morgan fingerprint density at radius 1 is 1.21 bits per heavy atom. The lowest BCUT2D eigenvalue weighted by molar-refractivity contribution is 0.102. The number of aromatic nitrogens is 1. The molecule has 1 amide bonds. The van der Waals surface area contributed by atoms with E-state index in [0.29, 0.717) is 16.8 Å². The zero-order chi connectivity index (χ0) is 20.3. The average Bonchev–Trinajstić information content (AvgIpc) is 2.95. The van der Waals surface area contributed by atoms with E-state index in [-0.39, 0.29) is 29.1 Å². The minimum absolute atomic E-state index is 0.106. The molecular weight excluding hydrogens is 382 g/mol. The first-order chi connectivity index (χ1) is 13.3. The molecule has 0 fully saturated rings. The van der Waals surface area contributed by atoms with Gasteiger partial charge in [0.15, 0.2) is 15.4 Å². The van der Waals surface area contributed by atoms with Gasteiger partial charge in [-0.2, -0.15) is 5.26 Å². The largest absolute Gasteiger partial charge is 0.419 e. The van der Waals surface area contributed by atoms with Gasteiger partial charge in [-0.3, -0.25) is 9.36 Å². The molecule has 0 aliphatic heterocycles. The third-order valence-corrected chi connectivity index (χ3v) is 6.04. The highest BCUT2D eigenvalue weighted by molar-refractivity contribution is 7.91. The summed E-state index contributed by atoms with van der Waals surface area (Å²) in [6.45, 7) is 0. The number of hydrogen-bond acceptors (Lipinski definition) is 6. The van der Waals surface area contributed by atoms with Gasteiger partial charge in [-0.05, 0) is 42.8 Å².